The number of nitrogens with zero attached hydrogens (tertiary/aromatic N) is 3. The van der Waals surface area contributed by atoms with Gasteiger partial charge in [-0.3, -0.25) is 0 Å². The lowest BCUT2D eigenvalue weighted by Gasteiger charge is -2.10. The molecule has 1 amide bonds. The van der Waals surface area contributed by atoms with E-state index in [-0.39, 0.29) is 11.9 Å². The van der Waals surface area contributed by atoms with Gasteiger partial charge in [0, 0.05) is 17.3 Å². The molecule has 0 aliphatic rings. The van der Waals surface area contributed by atoms with Crippen LogP contribution in [0.15, 0.2) is 22.8 Å². The fourth-order valence-electron chi connectivity index (χ4n) is 2.62. The summed E-state index contributed by atoms with van der Waals surface area (Å²) in [6.45, 7) is 4.17. The van der Waals surface area contributed by atoms with Gasteiger partial charge in [-0.25, -0.2) is 14.8 Å². The van der Waals surface area contributed by atoms with E-state index in [1.165, 1.54) is 11.3 Å². The van der Waals surface area contributed by atoms with E-state index >= 15 is 0 Å². The van der Waals surface area contributed by atoms with Crippen molar-refractivity contribution in [3.63, 3.8) is 0 Å². The highest BCUT2D eigenvalue weighted by Gasteiger charge is 2.18. The van der Waals surface area contributed by atoms with Crippen LogP contribution in [0.5, 0.6) is 0 Å². The quantitative estimate of drug-likeness (QED) is 0.607. The van der Waals surface area contributed by atoms with Gasteiger partial charge in [0.25, 0.3) is 0 Å². The monoisotopic (exact) mass is 371 g/mol. The van der Waals surface area contributed by atoms with E-state index in [0.29, 0.717) is 24.3 Å². The summed E-state index contributed by atoms with van der Waals surface area (Å²) in [6.07, 6.45) is 1.08. The zero-order valence-corrected chi connectivity index (χ0v) is 15.1. The Balaban J connectivity index is 1.94. The van der Waals surface area contributed by atoms with Gasteiger partial charge in [0.15, 0.2) is 0 Å². The Morgan fingerprint density at radius 2 is 2.31 bits per heavy atom. The molecule has 0 radical (unpaired) electrons. The molecule has 3 heterocycles. The third kappa shape index (κ3) is 3.75. The van der Waals surface area contributed by atoms with Crippen molar-refractivity contribution in [2.75, 3.05) is 5.32 Å². The number of nitriles is 1. The minimum absolute atomic E-state index is 0.0867. The SMILES string of the molecule is Cc1c(C[C@H](C)NC(=O)O)sc2c(NCc3ccco3)nc(C#N)nc12. The van der Waals surface area contributed by atoms with E-state index < -0.39 is 6.09 Å². The summed E-state index contributed by atoms with van der Waals surface area (Å²) in [5.41, 5.74) is 1.64. The molecule has 9 heteroatoms. The van der Waals surface area contributed by atoms with Crippen LogP contribution in [0.1, 0.15) is 28.9 Å². The van der Waals surface area contributed by atoms with Gasteiger partial charge in [0.1, 0.15) is 17.6 Å². The second-order valence-electron chi connectivity index (χ2n) is 5.82. The molecule has 1 atom stereocenters. The standard InChI is InChI=1S/C17H17N5O3S/c1-9(20-17(23)24)6-12-10(2)14-15(26-12)16(22-13(7-18)21-14)19-8-11-4-3-5-25-11/h3-5,9,20H,6,8H2,1-2H3,(H,23,24)(H,19,21,22)/t9-/m0/s1. The third-order valence-corrected chi connectivity index (χ3v) is 5.15. The van der Waals surface area contributed by atoms with Crippen molar-refractivity contribution in [3.05, 3.63) is 40.4 Å². The Morgan fingerprint density at radius 1 is 1.50 bits per heavy atom. The number of aromatic nitrogens is 2. The number of hydrogen-bond acceptors (Lipinski definition) is 7. The third-order valence-electron chi connectivity index (χ3n) is 3.84. The van der Waals surface area contributed by atoms with E-state index in [4.69, 9.17) is 9.52 Å². The maximum Gasteiger partial charge on any atom is 0.404 e. The van der Waals surface area contributed by atoms with Crippen molar-refractivity contribution >= 4 is 33.5 Å². The number of anilines is 1. The van der Waals surface area contributed by atoms with Crippen LogP contribution in [0, 0.1) is 18.3 Å². The first kappa shape index (κ1) is 17.7. The van der Waals surface area contributed by atoms with Crippen molar-refractivity contribution in [3.8, 4) is 6.07 Å². The molecule has 26 heavy (non-hydrogen) atoms. The van der Waals surface area contributed by atoms with Crippen LogP contribution < -0.4 is 10.6 Å². The smallest absolute Gasteiger partial charge is 0.404 e. The summed E-state index contributed by atoms with van der Waals surface area (Å²) in [5.74, 6) is 1.41. The molecular weight excluding hydrogens is 354 g/mol. The van der Waals surface area contributed by atoms with Crippen molar-refractivity contribution in [2.45, 2.75) is 32.9 Å². The topological polar surface area (TPSA) is 124 Å². The molecule has 0 fully saturated rings. The van der Waals surface area contributed by atoms with Gasteiger partial charge in [-0.05, 0) is 31.5 Å². The van der Waals surface area contributed by atoms with Crippen LogP contribution >= 0.6 is 11.3 Å². The first-order chi connectivity index (χ1) is 12.5. The fraction of sp³-hybridized carbons (Fsp3) is 0.294. The minimum atomic E-state index is -1.05. The van der Waals surface area contributed by atoms with Crippen LogP contribution in [0.2, 0.25) is 0 Å². The van der Waals surface area contributed by atoms with E-state index in [9.17, 15) is 10.1 Å². The average Bonchev–Trinajstić information content (AvgIpc) is 3.21. The van der Waals surface area contributed by atoms with Crippen LogP contribution in [0.25, 0.3) is 10.2 Å². The van der Waals surface area contributed by atoms with Crippen LogP contribution in [0.4, 0.5) is 10.6 Å². The molecule has 0 saturated carbocycles. The number of thiophene rings is 1. The van der Waals surface area contributed by atoms with Crippen LogP contribution in [0.3, 0.4) is 0 Å². The number of carbonyl (C=O) groups is 1. The Labute approximate surface area is 153 Å². The second-order valence-corrected chi connectivity index (χ2v) is 6.93. The molecule has 8 nitrogen and oxygen atoms in total. The molecule has 0 saturated heterocycles. The lowest BCUT2D eigenvalue weighted by molar-refractivity contribution is 0.191. The summed E-state index contributed by atoms with van der Waals surface area (Å²) in [4.78, 5) is 20.4. The largest absolute Gasteiger partial charge is 0.467 e. The molecule has 0 aliphatic carbocycles. The molecule has 3 rings (SSSR count). The van der Waals surface area contributed by atoms with Crippen molar-refractivity contribution < 1.29 is 14.3 Å². The first-order valence-corrected chi connectivity index (χ1v) is 8.75. The summed E-state index contributed by atoms with van der Waals surface area (Å²) >= 11 is 1.50. The zero-order chi connectivity index (χ0) is 18.7. The number of carboxylic acid groups (broad SMARTS) is 1. The van der Waals surface area contributed by atoms with Gasteiger partial charge in [-0.2, -0.15) is 5.26 Å². The van der Waals surface area contributed by atoms with Gasteiger partial charge in [0.05, 0.1) is 23.0 Å². The van der Waals surface area contributed by atoms with Crippen molar-refractivity contribution in [2.24, 2.45) is 0 Å². The van der Waals surface area contributed by atoms with Gasteiger partial charge in [0.2, 0.25) is 5.82 Å². The van der Waals surface area contributed by atoms with E-state index in [1.54, 1.807) is 19.3 Å². The number of hydrogen-bond donors (Lipinski definition) is 3. The van der Waals surface area contributed by atoms with E-state index in [2.05, 4.69) is 20.6 Å². The molecule has 0 spiro atoms. The van der Waals surface area contributed by atoms with E-state index in [1.807, 2.05) is 19.1 Å². The molecular formula is C17H17N5O3S. The zero-order valence-electron chi connectivity index (χ0n) is 14.2. The number of amides is 1. The van der Waals surface area contributed by atoms with Crippen LogP contribution in [-0.2, 0) is 13.0 Å². The Kier molecular flexibility index (Phi) is 5.04. The van der Waals surface area contributed by atoms with Crippen molar-refractivity contribution in [1.29, 1.82) is 5.26 Å². The Hall–Kier alpha value is -3.12. The molecule has 0 aromatic carbocycles. The molecule has 3 N–H and O–H groups in total. The minimum Gasteiger partial charge on any atom is -0.467 e. The molecule has 134 valence electrons. The molecule has 3 aromatic heterocycles. The second kappa shape index (κ2) is 7.41. The van der Waals surface area contributed by atoms with Crippen LogP contribution in [-0.4, -0.2) is 27.2 Å². The molecule has 0 unspecified atom stereocenters. The maximum absolute atomic E-state index is 10.8. The van der Waals surface area contributed by atoms with Gasteiger partial charge >= 0.3 is 6.09 Å². The predicted octanol–water partition coefficient (Wildman–Crippen LogP) is 3.28. The van der Waals surface area contributed by atoms with Gasteiger partial charge in [-0.15, -0.1) is 11.3 Å². The maximum atomic E-state index is 10.8. The summed E-state index contributed by atoms with van der Waals surface area (Å²) in [7, 11) is 0. The molecule has 0 aliphatic heterocycles. The molecule has 3 aromatic rings. The summed E-state index contributed by atoms with van der Waals surface area (Å²) in [5, 5.41) is 23.7. The first-order valence-electron chi connectivity index (χ1n) is 7.93. The number of nitrogens with one attached hydrogen (secondary N) is 2. The normalized spacial score (nSPS) is 11.9. The number of fused-ring (bicyclic) bond motifs is 1. The summed E-state index contributed by atoms with van der Waals surface area (Å²) < 4.78 is 6.15. The predicted molar refractivity (Wildman–Crippen MR) is 97.2 cm³/mol. The lowest BCUT2D eigenvalue weighted by atomic mass is 10.1. The highest BCUT2D eigenvalue weighted by atomic mass is 32.1. The number of aryl methyl sites for hydroxylation is 1. The van der Waals surface area contributed by atoms with E-state index in [0.717, 1.165) is 20.9 Å². The fourth-order valence-corrected chi connectivity index (χ4v) is 3.96. The average molecular weight is 371 g/mol. The Morgan fingerprint density at radius 3 is 2.96 bits per heavy atom. The molecule has 0 bridgehead atoms. The Bertz CT molecular complexity index is 975. The highest BCUT2D eigenvalue weighted by molar-refractivity contribution is 7.19. The van der Waals surface area contributed by atoms with Gasteiger partial charge in [-0.1, -0.05) is 0 Å². The highest BCUT2D eigenvalue weighted by Crippen LogP contribution is 2.34. The number of rotatable bonds is 6. The number of furan rings is 1. The lowest BCUT2D eigenvalue weighted by Crippen LogP contribution is -2.32. The summed E-state index contributed by atoms with van der Waals surface area (Å²) in [6, 6.07) is 5.40. The van der Waals surface area contributed by atoms with Gasteiger partial charge < -0.3 is 20.2 Å². The van der Waals surface area contributed by atoms with Crippen molar-refractivity contribution in [1.82, 2.24) is 15.3 Å².